The lowest BCUT2D eigenvalue weighted by Crippen LogP contribution is -2.49. The molecule has 1 fully saturated rings. The predicted molar refractivity (Wildman–Crippen MR) is 85.8 cm³/mol. The van der Waals surface area contributed by atoms with E-state index < -0.39 is 0 Å². The average Bonchev–Trinajstić information content (AvgIpc) is 2.45. The summed E-state index contributed by atoms with van der Waals surface area (Å²) in [6, 6.07) is 5.97. The van der Waals surface area contributed by atoms with Gasteiger partial charge < -0.3 is 10.2 Å². The first-order valence-electron chi connectivity index (χ1n) is 6.77. The van der Waals surface area contributed by atoms with Crippen molar-refractivity contribution in [1.82, 2.24) is 10.3 Å². The van der Waals surface area contributed by atoms with Crippen molar-refractivity contribution in [2.24, 2.45) is 0 Å². The minimum Gasteiger partial charge on any atom is -0.363 e. The average molecular weight is 351 g/mol. The van der Waals surface area contributed by atoms with Gasteiger partial charge in [0.25, 0.3) is 0 Å². The summed E-state index contributed by atoms with van der Waals surface area (Å²) in [6.07, 6.45) is 1.36. The number of halogens is 1. The van der Waals surface area contributed by atoms with Crippen LogP contribution in [0.4, 0.5) is 11.4 Å². The molecular weight excluding hydrogens is 336 g/mol. The highest BCUT2D eigenvalue weighted by atomic mass is 79.9. The number of hydrogen-bond donors (Lipinski definition) is 1. The van der Waals surface area contributed by atoms with Crippen molar-refractivity contribution in [2.75, 3.05) is 24.5 Å². The van der Waals surface area contributed by atoms with E-state index in [0.717, 1.165) is 35.0 Å². The molecule has 0 bridgehead atoms. The fraction of sp³-hybridized carbons (Fsp3) is 0.357. The molecule has 0 spiro atoms. The minimum absolute atomic E-state index is 0.0645. The van der Waals surface area contributed by atoms with Crippen molar-refractivity contribution >= 4 is 38.2 Å². The Bertz CT molecular complexity index is 707. The molecule has 1 aromatic carbocycles. The number of pyridine rings is 1. The monoisotopic (exact) mass is 350 g/mol. The zero-order valence-corrected chi connectivity index (χ0v) is 13.1. The number of hydrogen-bond acceptors (Lipinski definition) is 5. The Morgan fingerprint density at radius 1 is 1.52 bits per heavy atom. The van der Waals surface area contributed by atoms with Gasteiger partial charge >= 0.3 is 5.69 Å². The first-order chi connectivity index (χ1) is 10.1. The lowest BCUT2D eigenvalue weighted by molar-refractivity contribution is -0.384. The lowest BCUT2D eigenvalue weighted by atomic mass is 10.1. The molecule has 110 valence electrons. The molecule has 0 saturated carbocycles. The van der Waals surface area contributed by atoms with Crippen LogP contribution in [0.15, 0.2) is 28.9 Å². The third kappa shape index (κ3) is 2.71. The number of fused-ring (bicyclic) bond motifs is 1. The molecule has 0 unspecified atom stereocenters. The summed E-state index contributed by atoms with van der Waals surface area (Å²) in [4.78, 5) is 17.3. The Kier molecular flexibility index (Phi) is 3.77. The first kappa shape index (κ1) is 14.2. The first-order valence-corrected chi connectivity index (χ1v) is 7.56. The number of piperazine rings is 1. The number of nitrogens with zero attached hydrogens (tertiary/aromatic N) is 3. The molecule has 7 heteroatoms. The van der Waals surface area contributed by atoms with Crippen LogP contribution in [0.2, 0.25) is 0 Å². The van der Waals surface area contributed by atoms with Crippen LogP contribution in [0.25, 0.3) is 10.9 Å². The van der Waals surface area contributed by atoms with Crippen molar-refractivity contribution in [1.29, 1.82) is 0 Å². The van der Waals surface area contributed by atoms with E-state index in [4.69, 9.17) is 0 Å². The van der Waals surface area contributed by atoms with E-state index in [-0.39, 0.29) is 10.6 Å². The van der Waals surface area contributed by atoms with Gasteiger partial charge in [-0.15, -0.1) is 0 Å². The minimum atomic E-state index is -0.352. The van der Waals surface area contributed by atoms with Crippen molar-refractivity contribution in [3.63, 3.8) is 0 Å². The van der Waals surface area contributed by atoms with Gasteiger partial charge in [-0.2, -0.15) is 0 Å². The molecule has 1 aliphatic rings. The molecular formula is C14H15BrN4O2. The SMILES string of the molecule is C[C@H]1CN(c2c([N+](=O)[O-])cnc3ccc(Br)cc23)CCN1. The molecule has 3 rings (SSSR count). The molecule has 1 saturated heterocycles. The molecule has 2 aromatic rings. The van der Waals surface area contributed by atoms with E-state index in [1.54, 1.807) is 0 Å². The fourth-order valence-corrected chi connectivity index (χ4v) is 3.10. The Hall–Kier alpha value is -1.73. The molecule has 1 aliphatic heterocycles. The highest BCUT2D eigenvalue weighted by Gasteiger charge is 2.26. The van der Waals surface area contributed by atoms with Gasteiger partial charge in [-0.05, 0) is 25.1 Å². The maximum absolute atomic E-state index is 11.4. The van der Waals surface area contributed by atoms with E-state index >= 15 is 0 Å². The second kappa shape index (κ2) is 5.57. The zero-order chi connectivity index (χ0) is 15.0. The van der Waals surface area contributed by atoms with Crippen molar-refractivity contribution in [2.45, 2.75) is 13.0 Å². The zero-order valence-electron chi connectivity index (χ0n) is 11.5. The third-order valence-corrected chi connectivity index (χ3v) is 4.16. The number of anilines is 1. The summed E-state index contributed by atoms with van der Waals surface area (Å²) >= 11 is 3.44. The van der Waals surface area contributed by atoms with Crippen molar-refractivity contribution in [3.05, 3.63) is 39.0 Å². The molecule has 0 aliphatic carbocycles. The van der Waals surface area contributed by atoms with Crippen LogP contribution in [-0.2, 0) is 0 Å². The highest BCUT2D eigenvalue weighted by Crippen LogP contribution is 2.36. The van der Waals surface area contributed by atoms with Gasteiger partial charge in [0.2, 0.25) is 0 Å². The summed E-state index contributed by atoms with van der Waals surface area (Å²) in [6.45, 7) is 4.39. The summed E-state index contributed by atoms with van der Waals surface area (Å²) < 4.78 is 0.890. The maximum atomic E-state index is 11.4. The summed E-state index contributed by atoms with van der Waals surface area (Å²) in [5.74, 6) is 0. The van der Waals surface area contributed by atoms with E-state index in [2.05, 4.69) is 38.1 Å². The van der Waals surface area contributed by atoms with Gasteiger partial charge in [0.1, 0.15) is 11.9 Å². The molecule has 21 heavy (non-hydrogen) atoms. The standard InChI is InChI=1S/C14H15BrN4O2/c1-9-8-18(5-4-16-9)14-11-6-10(15)2-3-12(11)17-7-13(14)19(20)21/h2-3,6-7,9,16H,4-5,8H2,1H3/t9-/m0/s1. The largest absolute Gasteiger partial charge is 0.363 e. The smallest absolute Gasteiger partial charge is 0.311 e. The Morgan fingerprint density at radius 3 is 3.05 bits per heavy atom. The summed E-state index contributed by atoms with van der Waals surface area (Å²) in [5.41, 5.74) is 1.50. The number of nitrogens with one attached hydrogen (secondary N) is 1. The summed E-state index contributed by atoms with van der Waals surface area (Å²) in [7, 11) is 0. The van der Waals surface area contributed by atoms with Gasteiger partial charge in [0, 0.05) is 35.5 Å². The van der Waals surface area contributed by atoms with Gasteiger partial charge in [0.15, 0.2) is 0 Å². The molecule has 1 aromatic heterocycles. The summed E-state index contributed by atoms with van der Waals surface area (Å²) in [5, 5.41) is 15.6. The van der Waals surface area contributed by atoms with Crippen LogP contribution >= 0.6 is 15.9 Å². The van der Waals surface area contributed by atoms with Gasteiger partial charge in [-0.25, -0.2) is 4.98 Å². The van der Waals surface area contributed by atoms with Crippen LogP contribution in [0.3, 0.4) is 0 Å². The molecule has 0 radical (unpaired) electrons. The van der Waals surface area contributed by atoms with Crippen molar-refractivity contribution < 1.29 is 4.92 Å². The van der Waals surface area contributed by atoms with E-state index in [1.165, 1.54) is 6.20 Å². The second-order valence-electron chi connectivity index (χ2n) is 5.21. The van der Waals surface area contributed by atoms with Crippen LogP contribution in [-0.4, -0.2) is 35.6 Å². The lowest BCUT2D eigenvalue weighted by Gasteiger charge is -2.33. The Balaban J connectivity index is 2.22. The Labute approximate surface area is 130 Å². The molecule has 1 N–H and O–H groups in total. The number of rotatable bonds is 2. The van der Waals surface area contributed by atoms with E-state index in [0.29, 0.717) is 11.7 Å². The molecule has 1 atom stereocenters. The van der Waals surface area contributed by atoms with Gasteiger partial charge in [-0.1, -0.05) is 15.9 Å². The second-order valence-corrected chi connectivity index (χ2v) is 6.13. The van der Waals surface area contributed by atoms with Crippen LogP contribution in [0.1, 0.15) is 6.92 Å². The highest BCUT2D eigenvalue weighted by molar-refractivity contribution is 9.10. The van der Waals surface area contributed by atoms with E-state index in [9.17, 15) is 10.1 Å². The number of benzene rings is 1. The predicted octanol–water partition coefficient (Wildman–Crippen LogP) is 2.70. The van der Waals surface area contributed by atoms with Crippen LogP contribution in [0.5, 0.6) is 0 Å². The molecule has 2 heterocycles. The quantitative estimate of drug-likeness (QED) is 0.665. The van der Waals surface area contributed by atoms with Crippen LogP contribution in [0, 0.1) is 10.1 Å². The maximum Gasteiger partial charge on any atom is 0.311 e. The third-order valence-electron chi connectivity index (χ3n) is 3.66. The topological polar surface area (TPSA) is 71.3 Å². The number of aromatic nitrogens is 1. The van der Waals surface area contributed by atoms with Crippen LogP contribution < -0.4 is 10.2 Å². The molecule has 6 nitrogen and oxygen atoms in total. The van der Waals surface area contributed by atoms with Gasteiger partial charge in [0.05, 0.1) is 10.4 Å². The number of nitro groups is 1. The molecule has 0 amide bonds. The fourth-order valence-electron chi connectivity index (χ4n) is 2.74. The van der Waals surface area contributed by atoms with Crippen molar-refractivity contribution in [3.8, 4) is 0 Å². The normalized spacial score (nSPS) is 19.0. The van der Waals surface area contributed by atoms with E-state index in [1.807, 2.05) is 18.2 Å². The Morgan fingerprint density at radius 2 is 2.33 bits per heavy atom. The van der Waals surface area contributed by atoms with Gasteiger partial charge in [-0.3, -0.25) is 10.1 Å².